The molecule has 1 unspecified atom stereocenters. The van der Waals surface area contributed by atoms with Crippen molar-refractivity contribution in [2.24, 2.45) is 0 Å². The van der Waals surface area contributed by atoms with Gasteiger partial charge in [0.2, 0.25) is 0 Å². The molecule has 1 aromatic carbocycles. The van der Waals surface area contributed by atoms with Crippen LogP contribution in [0.4, 0.5) is 4.39 Å². The third-order valence-electron chi connectivity index (χ3n) is 1.42. The van der Waals surface area contributed by atoms with Crippen molar-refractivity contribution in [2.45, 2.75) is 17.9 Å². The molecule has 0 saturated heterocycles. The van der Waals surface area contributed by atoms with Crippen molar-refractivity contribution < 1.29 is 4.39 Å². The molecule has 1 N–H and O–H groups in total. The molecule has 0 fully saturated rings. The third-order valence-corrected chi connectivity index (χ3v) is 3.50. The molecule has 0 aliphatic heterocycles. The van der Waals surface area contributed by atoms with Gasteiger partial charge in [0.1, 0.15) is 0 Å². The fraction of sp³-hybridized carbons (Fsp3) is 0.400. The minimum absolute atomic E-state index is 0.0150. The Morgan fingerprint density at radius 1 is 1.43 bits per heavy atom. The molecule has 78 valence electrons. The molecule has 1 aromatic rings. The molecule has 0 aliphatic rings. The Balaban J connectivity index is 0.000000292. The Morgan fingerprint density at radius 3 is 2.14 bits per heavy atom. The van der Waals surface area contributed by atoms with E-state index in [0.29, 0.717) is 6.54 Å². The average Bonchev–Trinajstić information content (AvgIpc) is 2.20. The van der Waals surface area contributed by atoms with E-state index in [4.69, 9.17) is 5.73 Å². The first-order chi connectivity index (χ1) is 6.60. The zero-order valence-corrected chi connectivity index (χ0v) is 11.3. The van der Waals surface area contributed by atoms with E-state index in [-0.39, 0.29) is 26.5 Å². The summed E-state index contributed by atoms with van der Waals surface area (Å²) in [5.41, 5.74) is 6.55. The molecule has 1 rings (SSSR count). The quantitative estimate of drug-likeness (QED) is 0.598. The predicted octanol–water partition coefficient (Wildman–Crippen LogP) is 2.18. The molecule has 0 aromatic heterocycles. The molecule has 0 saturated carbocycles. The van der Waals surface area contributed by atoms with Gasteiger partial charge in [-0.05, 0) is 0 Å². The van der Waals surface area contributed by atoms with Crippen molar-refractivity contribution >= 4 is 32.5 Å². The van der Waals surface area contributed by atoms with E-state index >= 15 is 0 Å². The maximum atomic E-state index is 12.2. The van der Waals surface area contributed by atoms with Gasteiger partial charge < -0.3 is 18.4 Å². The number of halogens is 1. The van der Waals surface area contributed by atoms with Crippen molar-refractivity contribution in [1.29, 1.82) is 0 Å². The summed E-state index contributed by atoms with van der Waals surface area (Å²) in [5, 5.41) is 0.134. The summed E-state index contributed by atoms with van der Waals surface area (Å²) in [6.07, 6.45) is 0. The molecule has 0 spiro atoms. The fourth-order valence-corrected chi connectivity index (χ4v) is 1.67. The van der Waals surface area contributed by atoms with Crippen molar-refractivity contribution in [1.82, 2.24) is 0 Å². The van der Waals surface area contributed by atoms with Gasteiger partial charge in [0.05, 0.1) is 0 Å². The van der Waals surface area contributed by atoms with Crippen LogP contribution in [0.1, 0.15) is 6.92 Å². The molecular weight excluding hydrogens is 258 g/mol. The van der Waals surface area contributed by atoms with Crippen LogP contribution in [0.2, 0.25) is 5.76 Å². The predicted molar refractivity (Wildman–Crippen MR) is 63.7 cm³/mol. The second-order valence-corrected chi connectivity index (χ2v) is 5.84. The van der Waals surface area contributed by atoms with E-state index in [0.717, 1.165) is 0 Å². The SMILES string of the molecule is CC([S-])C[NH-].[CH3][Ge][c]1ccc(F)cc1. The van der Waals surface area contributed by atoms with Crippen molar-refractivity contribution in [3.8, 4) is 0 Å². The summed E-state index contributed by atoms with van der Waals surface area (Å²) in [4.78, 5) is 0. The Kier molecular flexibility index (Phi) is 8.32. The first kappa shape index (κ1) is 14.0. The van der Waals surface area contributed by atoms with Gasteiger partial charge in [-0.1, -0.05) is 6.92 Å². The van der Waals surface area contributed by atoms with Crippen LogP contribution in [0.5, 0.6) is 0 Å². The summed E-state index contributed by atoms with van der Waals surface area (Å²) in [6.45, 7) is 2.22. The molecule has 0 bridgehead atoms. The van der Waals surface area contributed by atoms with Gasteiger partial charge >= 0.3 is 60.1 Å². The summed E-state index contributed by atoms with van der Waals surface area (Å²) in [5.74, 6) is 2.03. The van der Waals surface area contributed by atoms with Gasteiger partial charge in [-0.3, -0.25) is 0 Å². The second kappa shape index (κ2) is 8.32. The summed E-state index contributed by atoms with van der Waals surface area (Å²) in [7, 11) is 0. The van der Waals surface area contributed by atoms with E-state index < -0.39 is 0 Å². The first-order valence-corrected chi connectivity index (χ1v) is 7.95. The van der Waals surface area contributed by atoms with Crippen molar-refractivity contribution in [2.75, 3.05) is 6.54 Å². The number of hydrogen-bond donors (Lipinski definition) is 0. The fourth-order valence-electron chi connectivity index (χ4n) is 0.617. The number of hydrogen-bond acceptors (Lipinski definition) is 1. The van der Waals surface area contributed by atoms with E-state index in [1.54, 1.807) is 0 Å². The van der Waals surface area contributed by atoms with Gasteiger partial charge in [0.25, 0.3) is 0 Å². The second-order valence-electron chi connectivity index (χ2n) is 2.77. The molecule has 1 nitrogen and oxygen atoms in total. The zero-order chi connectivity index (χ0) is 11.0. The zero-order valence-electron chi connectivity index (χ0n) is 8.38. The van der Waals surface area contributed by atoms with Crippen LogP contribution in [0.3, 0.4) is 0 Å². The standard InChI is InChI=1S/C7H7FGe.C3H8NS/c1-9-7-4-2-6(8)3-5-7;1-3(5)2-4/h2-5H,1H3;3-5H,2H2,1H3/q;-1/p-1. The first-order valence-electron chi connectivity index (χ1n) is 4.34. The molecule has 14 heavy (non-hydrogen) atoms. The van der Waals surface area contributed by atoms with Crippen molar-refractivity contribution in [3.05, 3.63) is 35.8 Å². The van der Waals surface area contributed by atoms with Gasteiger partial charge in [0, 0.05) is 0 Å². The Bertz CT molecular complexity index is 238. The Labute approximate surface area is 97.2 Å². The van der Waals surface area contributed by atoms with Gasteiger partial charge in [-0.2, -0.15) is 11.8 Å². The van der Waals surface area contributed by atoms with Crippen LogP contribution in [0.25, 0.3) is 5.73 Å². The van der Waals surface area contributed by atoms with Crippen LogP contribution >= 0.6 is 0 Å². The molecule has 0 heterocycles. The van der Waals surface area contributed by atoms with Gasteiger partial charge in [-0.15, -0.1) is 0 Å². The van der Waals surface area contributed by atoms with E-state index in [9.17, 15) is 4.39 Å². The normalized spacial score (nSPS) is 11.5. The number of rotatable bonds is 2. The molecule has 4 heteroatoms. The van der Waals surface area contributed by atoms with Crippen LogP contribution < -0.4 is 4.40 Å². The van der Waals surface area contributed by atoms with Gasteiger partial charge in [-0.25, -0.2) is 0 Å². The maximum absolute atomic E-state index is 12.2. The van der Waals surface area contributed by atoms with Crippen LogP contribution in [-0.2, 0) is 12.6 Å². The van der Waals surface area contributed by atoms with E-state index in [1.807, 2.05) is 19.1 Å². The average molecular weight is 272 g/mol. The van der Waals surface area contributed by atoms with E-state index in [2.05, 4.69) is 18.4 Å². The number of nitrogens with one attached hydrogen (secondary N) is 1. The summed E-state index contributed by atoms with van der Waals surface area (Å²) >= 11 is 4.61. The topological polar surface area (TPSA) is 23.8 Å². The summed E-state index contributed by atoms with van der Waals surface area (Å²) in [6, 6.07) is 6.75. The third kappa shape index (κ3) is 7.41. The van der Waals surface area contributed by atoms with Crippen LogP contribution in [0, 0.1) is 5.82 Å². The van der Waals surface area contributed by atoms with Gasteiger partial charge in [0.15, 0.2) is 0 Å². The molecular formula is C10H14FGeNS-2. The Morgan fingerprint density at radius 2 is 1.86 bits per heavy atom. The molecule has 0 amide bonds. The summed E-state index contributed by atoms with van der Waals surface area (Å²) < 4.78 is 13.5. The van der Waals surface area contributed by atoms with E-state index in [1.165, 1.54) is 16.5 Å². The van der Waals surface area contributed by atoms with Crippen molar-refractivity contribution in [3.63, 3.8) is 0 Å². The Hall–Kier alpha value is 0.00286. The monoisotopic (exact) mass is 273 g/mol. The minimum atomic E-state index is -0.140. The number of benzene rings is 1. The molecule has 0 aliphatic carbocycles. The van der Waals surface area contributed by atoms with Crippen LogP contribution in [0.15, 0.2) is 24.3 Å². The van der Waals surface area contributed by atoms with Crippen LogP contribution in [-0.4, -0.2) is 27.2 Å². The molecule has 2 radical (unpaired) electrons. The molecule has 1 atom stereocenters.